The van der Waals surface area contributed by atoms with E-state index in [1.165, 1.54) is 25.2 Å². The van der Waals surface area contributed by atoms with Crippen LogP contribution in [0, 0.1) is 23.7 Å². The fourth-order valence-electron chi connectivity index (χ4n) is 10.3. The van der Waals surface area contributed by atoms with Crippen molar-refractivity contribution in [3.8, 4) is 10.6 Å². The number of halogens is 1. The van der Waals surface area contributed by atoms with E-state index in [0.717, 1.165) is 19.8 Å². The third kappa shape index (κ3) is 14.1. The Kier molecular flexibility index (Phi) is 20.7. The second-order valence-corrected chi connectivity index (χ2v) is 21.5. The Bertz CT molecular complexity index is 2230. The summed E-state index contributed by atoms with van der Waals surface area (Å²) in [7, 11) is 3.64. The summed E-state index contributed by atoms with van der Waals surface area (Å²) in [6.45, 7) is 14.7. The molecule has 19 nitrogen and oxygen atoms in total. The molecule has 0 spiro atoms. The summed E-state index contributed by atoms with van der Waals surface area (Å²) < 4.78 is 42.8. The molecule has 0 aliphatic carbocycles. The van der Waals surface area contributed by atoms with Gasteiger partial charge in [0.15, 0.2) is 18.7 Å². The number of carbonyl (C=O) groups is 4. The number of oxime groups is 1. The van der Waals surface area contributed by atoms with Crippen LogP contribution in [-0.2, 0) is 49.6 Å². The molecule has 5 rings (SSSR count). The Hall–Kier alpha value is -4.19. The van der Waals surface area contributed by atoms with Crippen LogP contribution in [0.5, 0.6) is 0 Å². The van der Waals surface area contributed by atoms with Gasteiger partial charge in [-0.1, -0.05) is 46.2 Å². The standard InChI is InChI=1S/C51H79FN8O11S/c1-12-38-51(9,66)35-20-19-34(59-68-26-33-18-17-32(24-55-33)46-57-39(27-72-46)56-45(64)36(54)16-14-15-21-53)25-67-49(7,23-28(3)41(30(35)5)58-40(61)13-2)44(31(6)43(63)50(8,52)48(65)70-38)71-47-42(62)37(60(10)11)22-29(4)69-47/h17-18,24,27-31,35-38,42,44,47,62,66H,12-16,19-23,25-26,53-54H2,1-11H3,(H,56,64)/b58-41+,59-34+/t28-,29-,30-,31+,35-,36+,37+,38-,42-,44-,47+,49-,50+,51+/m1/s1. The summed E-state index contributed by atoms with van der Waals surface area (Å²) in [6, 6.07) is 2.49. The van der Waals surface area contributed by atoms with Crippen molar-refractivity contribution in [2.75, 3.05) is 32.6 Å². The number of Topliss-reactive ketones (excluding diaryl/α,β-unsaturated/α-hetero) is 1. The molecule has 3 aliphatic heterocycles. The van der Waals surface area contributed by atoms with Gasteiger partial charge in [-0.05, 0) is 117 Å². The molecule has 3 saturated heterocycles. The van der Waals surface area contributed by atoms with Gasteiger partial charge in [-0.25, -0.2) is 19.2 Å². The number of carbonyl (C=O) groups excluding carboxylic acids is 4. The summed E-state index contributed by atoms with van der Waals surface area (Å²) in [4.78, 5) is 76.1. The molecule has 21 heteroatoms. The average molecular weight is 1030 g/mol. The van der Waals surface area contributed by atoms with Crippen molar-refractivity contribution < 1.29 is 57.6 Å². The molecule has 2 aromatic rings. The number of nitrogens with two attached hydrogens (primary N) is 2. The summed E-state index contributed by atoms with van der Waals surface area (Å²) in [5.74, 6) is -6.41. The van der Waals surface area contributed by atoms with Gasteiger partial charge in [-0.3, -0.25) is 19.4 Å². The van der Waals surface area contributed by atoms with Gasteiger partial charge in [0, 0.05) is 47.2 Å². The number of esters is 1. The number of nitrogens with one attached hydrogen (secondary N) is 1. The molecule has 402 valence electrons. The number of ketones is 1. The number of aromatic nitrogens is 2. The number of pyridine rings is 1. The number of nitrogens with zero attached hydrogens (tertiary/aromatic N) is 5. The zero-order chi connectivity index (χ0) is 53.3. The number of aliphatic hydroxyl groups is 2. The maximum atomic E-state index is 17.1. The number of alkyl halides is 1. The first-order valence-electron chi connectivity index (χ1n) is 25.3. The molecule has 5 heterocycles. The summed E-state index contributed by atoms with van der Waals surface area (Å²) in [5, 5.41) is 34.1. The molecule has 7 N–H and O–H groups in total. The van der Waals surface area contributed by atoms with Gasteiger partial charge in [0.25, 0.3) is 5.67 Å². The molecule has 0 aromatic carbocycles. The fraction of sp³-hybridized carbons (Fsp3) is 0.725. The van der Waals surface area contributed by atoms with Crippen LogP contribution in [0.1, 0.15) is 126 Å². The average Bonchev–Trinajstić information content (AvgIpc) is 3.80. The molecule has 3 fully saturated rings. The summed E-state index contributed by atoms with van der Waals surface area (Å²) in [6.07, 6.45) is -0.945. The lowest BCUT2D eigenvalue weighted by atomic mass is 9.68. The molecule has 0 saturated carbocycles. The number of aliphatic imine (C=N–C) groups is 1. The zero-order valence-electron chi connectivity index (χ0n) is 43.9. The number of hydrogen-bond donors (Lipinski definition) is 5. The highest BCUT2D eigenvalue weighted by Crippen LogP contribution is 2.43. The fourth-order valence-corrected chi connectivity index (χ4v) is 11.1. The van der Waals surface area contributed by atoms with Gasteiger partial charge in [0.05, 0.1) is 41.9 Å². The first-order valence-corrected chi connectivity index (χ1v) is 26.2. The largest absolute Gasteiger partial charge is 0.457 e. The van der Waals surface area contributed by atoms with Crippen LogP contribution in [0.2, 0.25) is 0 Å². The zero-order valence-corrected chi connectivity index (χ0v) is 44.7. The first-order chi connectivity index (χ1) is 33.9. The minimum Gasteiger partial charge on any atom is -0.457 e. The molecule has 2 bridgehead atoms. The van der Waals surface area contributed by atoms with Crippen LogP contribution < -0.4 is 16.8 Å². The van der Waals surface area contributed by atoms with Crippen molar-refractivity contribution in [3.63, 3.8) is 0 Å². The number of hydrogen-bond acceptors (Lipinski definition) is 18. The smallest absolute Gasteiger partial charge is 0.351 e. The van der Waals surface area contributed by atoms with Crippen molar-refractivity contribution in [2.45, 2.75) is 186 Å². The minimum absolute atomic E-state index is 0.0323. The van der Waals surface area contributed by atoms with Gasteiger partial charge < -0.3 is 55.7 Å². The maximum Gasteiger partial charge on any atom is 0.351 e. The van der Waals surface area contributed by atoms with Crippen LogP contribution in [0.25, 0.3) is 10.6 Å². The third-order valence-electron chi connectivity index (χ3n) is 14.6. The number of anilines is 1. The number of rotatable bonds is 15. The molecule has 14 atom stereocenters. The van der Waals surface area contributed by atoms with E-state index in [0.29, 0.717) is 52.9 Å². The van der Waals surface area contributed by atoms with Crippen LogP contribution in [0.15, 0.2) is 33.9 Å². The van der Waals surface area contributed by atoms with Gasteiger partial charge in [-0.15, -0.1) is 11.3 Å². The Morgan fingerprint density at radius 2 is 1.83 bits per heavy atom. The lowest BCUT2D eigenvalue weighted by Gasteiger charge is -2.48. The van der Waals surface area contributed by atoms with Crippen LogP contribution >= 0.6 is 11.3 Å². The SMILES string of the molecule is CCC(=O)/N=C1\[C@H](C)C[C@@]2(C)OC/C(=N/OCc3ccc(-c4nc(NC(=O)[C@@H](N)CCCCN)cs4)cn3)CC[C@H]([C@H]1C)[C@](C)(O)[C@@H](CC)OC(=O)[C@@](C)(F)C(=O)[C@H](C)[C@H]2O[C@@H]1O[C@H](C)C[C@H](N(C)C)[C@H]1O. The van der Waals surface area contributed by atoms with Gasteiger partial charge >= 0.3 is 5.97 Å². The summed E-state index contributed by atoms with van der Waals surface area (Å²) >= 11 is 1.33. The number of likely N-dealkylation sites (N-methyl/N-ethyl adjacent to an activating group) is 1. The predicted molar refractivity (Wildman–Crippen MR) is 272 cm³/mol. The highest BCUT2D eigenvalue weighted by molar-refractivity contribution is 7.13. The van der Waals surface area contributed by atoms with E-state index in [9.17, 15) is 29.4 Å². The quantitative estimate of drug-likeness (QED) is 0.0635. The van der Waals surface area contributed by atoms with Gasteiger partial charge in [0.1, 0.15) is 28.6 Å². The van der Waals surface area contributed by atoms with Crippen molar-refractivity contribution in [1.29, 1.82) is 0 Å². The van der Waals surface area contributed by atoms with E-state index in [-0.39, 0.29) is 57.1 Å². The summed E-state index contributed by atoms with van der Waals surface area (Å²) in [5.41, 5.74) is 7.06. The lowest BCUT2D eigenvalue weighted by Crippen LogP contribution is -2.61. The Balaban J connectivity index is 1.55. The van der Waals surface area contributed by atoms with Crippen molar-refractivity contribution >= 4 is 52.1 Å². The van der Waals surface area contributed by atoms with E-state index < -0.39 is 95.1 Å². The van der Waals surface area contributed by atoms with E-state index in [2.05, 4.69) is 25.4 Å². The number of unbranched alkanes of at least 4 members (excludes halogenated alkanes) is 1. The minimum atomic E-state index is -3.21. The van der Waals surface area contributed by atoms with Gasteiger partial charge in [0.2, 0.25) is 11.8 Å². The maximum absolute atomic E-state index is 17.1. The number of thiazole rings is 1. The molecule has 72 heavy (non-hydrogen) atoms. The van der Waals surface area contributed by atoms with E-state index in [4.69, 9.17) is 35.3 Å². The Morgan fingerprint density at radius 1 is 1.11 bits per heavy atom. The molecule has 0 radical (unpaired) electrons. The van der Waals surface area contributed by atoms with Crippen molar-refractivity contribution in [2.24, 2.45) is 45.3 Å². The predicted octanol–water partition coefficient (Wildman–Crippen LogP) is 5.53. The molecule has 2 aromatic heterocycles. The van der Waals surface area contributed by atoms with Crippen molar-refractivity contribution in [3.05, 3.63) is 29.4 Å². The Labute approximate surface area is 427 Å². The number of amides is 2. The number of fused-ring (bicyclic) bond motifs is 5. The molecule has 0 unspecified atom stereocenters. The van der Waals surface area contributed by atoms with Gasteiger partial charge in [-0.2, -0.15) is 0 Å². The number of cyclic esters (lactones) is 1. The second kappa shape index (κ2) is 25.4. The van der Waals surface area contributed by atoms with Crippen LogP contribution in [0.3, 0.4) is 0 Å². The highest BCUT2D eigenvalue weighted by atomic mass is 32.1. The third-order valence-corrected chi connectivity index (χ3v) is 15.5. The normalized spacial score (nSPS) is 34.7. The highest BCUT2D eigenvalue weighted by Gasteiger charge is 2.56. The lowest BCUT2D eigenvalue weighted by molar-refractivity contribution is -0.296. The second-order valence-electron chi connectivity index (χ2n) is 20.6. The molecule has 3 aliphatic rings. The molecular formula is C51H79FN8O11S. The van der Waals surface area contributed by atoms with E-state index in [1.54, 1.807) is 38.4 Å². The van der Waals surface area contributed by atoms with Crippen LogP contribution in [-0.4, -0.2) is 147 Å². The molecule has 2 amide bonds. The first kappa shape index (κ1) is 58.7. The Morgan fingerprint density at radius 3 is 2.47 bits per heavy atom. The molecular weight excluding hydrogens is 952 g/mol. The number of ether oxygens (including phenoxy) is 4. The van der Waals surface area contributed by atoms with Crippen molar-refractivity contribution in [1.82, 2.24) is 14.9 Å². The monoisotopic (exact) mass is 1030 g/mol. The number of aliphatic hydroxyl groups excluding tert-OH is 1. The van der Waals surface area contributed by atoms with E-state index >= 15 is 4.39 Å². The van der Waals surface area contributed by atoms with Crippen LogP contribution in [0.4, 0.5) is 10.2 Å². The van der Waals surface area contributed by atoms with E-state index in [1.807, 2.05) is 45.8 Å². The topological polar surface area (TPSA) is 273 Å².